The van der Waals surface area contributed by atoms with Gasteiger partial charge in [-0.1, -0.05) is 20.8 Å². The molecule has 2 N–H and O–H groups in total. The van der Waals surface area contributed by atoms with Gasteiger partial charge in [-0.3, -0.25) is 0 Å². The Morgan fingerprint density at radius 2 is 2.00 bits per heavy atom. The van der Waals surface area contributed by atoms with Crippen molar-refractivity contribution in [1.29, 1.82) is 0 Å². The summed E-state index contributed by atoms with van der Waals surface area (Å²) in [7, 11) is 0.0412. The second-order valence-corrected chi connectivity index (χ2v) is 7.76. The van der Waals surface area contributed by atoms with Crippen molar-refractivity contribution < 1.29 is 8.42 Å². The van der Waals surface area contributed by atoms with E-state index in [1.54, 1.807) is 19.3 Å². The third-order valence-corrected chi connectivity index (χ3v) is 4.27. The zero-order valence-corrected chi connectivity index (χ0v) is 12.6. The van der Waals surface area contributed by atoms with Crippen LogP contribution >= 0.6 is 0 Å². The van der Waals surface area contributed by atoms with Crippen molar-refractivity contribution in [3.8, 4) is 0 Å². The fraction of sp³-hybridized carbons (Fsp3) is 0.667. The monoisotopic (exact) mass is 273 g/mol. The Morgan fingerprint density at radius 3 is 2.50 bits per heavy atom. The molecule has 0 saturated carbocycles. The van der Waals surface area contributed by atoms with Crippen LogP contribution in [0.2, 0.25) is 0 Å². The highest BCUT2D eigenvalue weighted by molar-refractivity contribution is 7.89. The summed E-state index contributed by atoms with van der Waals surface area (Å²) in [5.41, 5.74) is 0.798. The van der Waals surface area contributed by atoms with E-state index in [1.807, 2.05) is 27.8 Å². The molecule has 0 aliphatic rings. The van der Waals surface area contributed by atoms with Crippen LogP contribution in [0.3, 0.4) is 0 Å². The van der Waals surface area contributed by atoms with Crippen LogP contribution in [0, 0.1) is 5.41 Å². The van der Waals surface area contributed by atoms with Gasteiger partial charge in [0.2, 0.25) is 10.0 Å². The van der Waals surface area contributed by atoms with Crippen LogP contribution in [-0.4, -0.2) is 38.3 Å². The molecule has 1 rings (SSSR count). The van der Waals surface area contributed by atoms with Crippen LogP contribution in [0.1, 0.15) is 26.5 Å². The van der Waals surface area contributed by atoms with Gasteiger partial charge in [-0.15, -0.1) is 0 Å². The molecule has 18 heavy (non-hydrogen) atoms. The lowest BCUT2D eigenvalue weighted by molar-refractivity contribution is 0.311. The van der Waals surface area contributed by atoms with Crippen molar-refractivity contribution in [1.82, 2.24) is 14.6 Å². The molecule has 1 aromatic heterocycles. The molecule has 5 nitrogen and oxygen atoms in total. The lowest BCUT2D eigenvalue weighted by Crippen LogP contribution is -2.34. The molecular formula is C12H23N3O2S. The maximum atomic E-state index is 12.3. The van der Waals surface area contributed by atoms with E-state index >= 15 is 0 Å². The van der Waals surface area contributed by atoms with Gasteiger partial charge in [-0.05, 0) is 18.5 Å². The predicted molar refractivity (Wildman–Crippen MR) is 72.8 cm³/mol. The quantitative estimate of drug-likeness (QED) is 0.852. The molecule has 0 amide bonds. The largest absolute Gasteiger partial charge is 0.363 e. The summed E-state index contributed by atoms with van der Waals surface area (Å²) in [6.07, 6.45) is 1.54. The molecule has 0 unspecified atom stereocenters. The van der Waals surface area contributed by atoms with Crippen molar-refractivity contribution in [2.45, 2.75) is 32.2 Å². The minimum Gasteiger partial charge on any atom is -0.363 e. The summed E-state index contributed by atoms with van der Waals surface area (Å²) in [6, 6.07) is 1.67. The molecule has 0 aromatic carbocycles. The summed E-state index contributed by atoms with van der Waals surface area (Å²) in [5.74, 6) is 0. The minimum atomic E-state index is -3.40. The molecule has 0 bridgehead atoms. The van der Waals surface area contributed by atoms with E-state index in [0.29, 0.717) is 18.0 Å². The number of aromatic nitrogens is 1. The zero-order chi connectivity index (χ0) is 14.0. The summed E-state index contributed by atoms with van der Waals surface area (Å²) in [4.78, 5) is 3.28. The van der Waals surface area contributed by atoms with E-state index < -0.39 is 10.0 Å². The van der Waals surface area contributed by atoms with Gasteiger partial charge in [0.15, 0.2) is 0 Å². The molecule has 0 spiro atoms. The molecule has 0 aliphatic heterocycles. The first kappa shape index (κ1) is 15.2. The fourth-order valence-corrected chi connectivity index (χ4v) is 3.21. The van der Waals surface area contributed by atoms with E-state index in [0.717, 1.165) is 5.69 Å². The Kier molecular flexibility index (Phi) is 4.58. The second-order valence-electron chi connectivity index (χ2n) is 5.71. The first-order chi connectivity index (χ1) is 8.16. The highest BCUT2D eigenvalue weighted by atomic mass is 32.2. The average Bonchev–Trinajstić information content (AvgIpc) is 2.64. The zero-order valence-electron chi connectivity index (χ0n) is 11.7. The van der Waals surface area contributed by atoms with E-state index in [9.17, 15) is 8.42 Å². The number of hydrogen-bond acceptors (Lipinski definition) is 3. The van der Waals surface area contributed by atoms with Gasteiger partial charge in [0, 0.05) is 32.0 Å². The summed E-state index contributed by atoms with van der Waals surface area (Å²) in [6.45, 7) is 7.16. The van der Waals surface area contributed by atoms with E-state index in [4.69, 9.17) is 0 Å². The molecule has 1 aromatic rings. The van der Waals surface area contributed by atoms with Crippen molar-refractivity contribution in [3.05, 3.63) is 18.0 Å². The van der Waals surface area contributed by atoms with Gasteiger partial charge < -0.3 is 10.3 Å². The number of rotatable bonds is 5. The van der Waals surface area contributed by atoms with E-state index in [1.165, 1.54) is 4.31 Å². The average molecular weight is 273 g/mol. The molecule has 0 saturated heterocycles. The third-order valence-electron chi connectivity index (χ3n) is 2.49. The number of nitrogens with zero attached hydrogens (tertiary/aromatic N) is 1. The normalized spacial score (nSPS) is 13.2. The SMILES string of the molecule is CNCc1cc(S(=O)(=O)N(C)CC(C)(C)C)c[nH]1. The number of aromatic amines is 1. The highest BCUT2D eigenvalue weighted by Crippen LogP contribution is 2.21. The molecule has 6 heteroatoms. The van der Waals surface area contributed by atoms with Gasteiger partial charge in [0.05, 0.1) is 4.90 Å². The van der Waals surface area contributed by atoms with Gasteiger partial charge in [0.25, 0.3) is 0 Å². The van der Waals surface area contributed by atoms with Gasteiger partial charge in [-0.2, -0.15) is 0 Å². The predicted octanol–water partition coefficient (Wildman–Crippen LogP) is 1.40. The van der Waals surface area contributed by atoms with Gasteiger partial charge >= 0.3 is 0 Å². The summed E-state index contributed by atoms with van der Waals surface area (Å²) < 4.78 is 26.0. The second kappa shape index (κ2) is 5.42. The lowest BCUT2D eigenvalue weighted by Gasteiger charge is -2.25. The van der Waals surface area contributed by atoms with Crippen molar-refractivity contribution in [2.75, 3.05) is 20.6 Å². The fourth-order valence-electron chi connectivity index (χ4n) is 1.79. The van der Waals surface area contributed by atoms with Crippen LogP contribution in [-0.2, 0) is 16.6 Å². The van der Waals surface area contributed by atoms with Crippen molar-refractivity contribution in [2.24, 2.45) is 5.41 Å². The van der Waals surface area contributed by atoms with Crippen molar-refractivity contribution >= 4 is 10.0 Å². The Balaban J connectivity index is 2.91. The first-order valence-corrected chi connectivity index (χ1v) is 7.39. The van der Waals surface area contributed by atoms with Crippen molar-refractivity contribution in [3.63, 3.8) is 0 Å². The molecule has 0 aliphatic carbocycles. The Morgan fingerprint density at radius 1 is 1.39 bits per heavy atom. The molecule has 0 radical (unpaired) electrons. The van der Waals surface area contributed by atoms with E-state index in [2.05, 4.69) is 10.3 Å². The smallest absolute Gasteiger partial charge is 0.244 e. The van der Waals surface area contributed by atoms with Gasteiger partial charge in [0.1, 0.15) is 0 Å². The molecule has 104 valence electrons. The number of sulfonamides is 1. The van der Waals surface area contributed by atoms with Crippen LogP contribution in [0.4, 0.5) is 0 Å². The van der Waals surface area contributed by atoms with Crippen LogP contribution < -0.4 is 5.32 Å². The van der Waals surface area contributed by atoms with Gasteiger partial charge in [-0.25, -0.2) is 12.7 Å². The number of H-pyrrole nitrogens is 1. The van der Waals surface area contributed by atoms with Crippen LogP contribution in [0.5, 0.6) is 0 Å². The Hall–Kier alpha value is -0.850. The molecule has 0 atom stereocenters. The first-order valence-electron chi connectivity index (χ1n) is 5.95. The topological polar surface area (TPSA) is 65.2 Å². The molecule has 0 fully saturated rings. The molecule has 1 heterocycles. The third kappa shape index (κ3) is 3.83. The lowest BCUT2D eigenvalue weighted by atomic mass is 9.97. The number of hydrogen-bond donors (Lipinski definition) is 2. The van der Waals surface area contributed by atoms with E-state index in [-0.39, 0.29) is 5.41 Å². The highest BCUT2D eigenvalue weighted by Gasteiger charge is 2.26. The maximum absolute atomic E-state index is 12.3. The maximum Gasteiger partial charge on any atom is 0.244 e. The minimum absolute atomic E-state index is 0.0636. The molecular weight excluding hydrogens is 250 g/mol. The standard InChI is InChI=1S/C12H23N3O2S/c1-12(2,3)9-15(5)18(16,17)11-6-10(7-13-4)14-8-11/h6,8,13-14H,7,9H2,1-5H3. The Labute approximate surface area is 110 Å². The summed E-state index contributed by atoms with van der Waals surface area (Å²) in [5, 5.41) is 2.98. The van der Waals surface area contributed by atoms with Crippen LogP contribution in [0.15, 0.2) is 17.2 Å². The van der Waals surface area contributed by atoms with Crippen LogP contribution in [0.25, 0.3) is 0 Å². The Bertz CT molecular complexity index is 486. The summed E-state index contributed by atoms with van der Waals surface area (Å²) >= 11 is 0. The number of nitrogens with one attached hydrogen (secondary N) is 2.